The number of carbonyl (C=O) groups excluding carboxylic acids is 9. The maximum atomic E-state index is 14.6. The smallest absolute Gasteiger partial charge is 0.245 e. The van der Waals surface area contributed by atoms with E-state index in [1.807, 2.05) is 18.2 Å². The molecule has 75 heavy (non-hydrogen) atoms. The zero-order valence-electron chi connectivity index (χ0n) is 41.7. The number of hydrogen-bond acceptors (Lipinski definition) is 12. The van der Waals surface area contributed by atoms with Crippen molar-refractivity contribution in [3.8, 4) is 0 Å². The topological polar surface area (TPSA) is 436 Å². The van der Waals surface area contributed by atoms with Gasteiger partial charge in [0.25, 0.3) is 0 Å². The molecule has 1 saturated heterocycles. The van der Waals surface area contributed by atoms with E-state index in [9.17, 15) is 48.3 Å². The second kappa shape index (κ2) is 29.6. The average molecular weight is 1070 g/mol. The monoisotopic (exact) mass is 1060 g/mol. The molecule has 1 fully saturated rings. The summed E-state index contributed by atoms with van der Waals surface area (Å²) in [4.78, 5) is 127. The van der Waals surface area contributed by atoms with Gasteiger partial charge >= 0.3 is 0 Å². The zero-order chi connectivity index (χ0) is 55.2. The molecule has 2 heterocycles. The maximum Gasteiger partial charge on any atom is 0.245 e. The van der Waals surface area contributed by atoms with Crippen LogP contribution in [0.15, 0.2) is 54.7 Å². The Morgan fingerprint density at radius 2 is 1.43 bits per heavy atom. The van der Waals surface area contributed by atoms with E-state index in [1.54, 1.807) is 30.5 Å². The third-order valence-electron chi connectivity index (χ3n) is 12.0. The van der Waals surface area contributed by atoms with Crippen LogP contribution in [0, 0.1) is 10.8 Å². The number of guanidine groups is 2. The van der Waals surface area contributed by atoms with E-state index < -0.39 is 108 Å². The predicted octanol–water partition coefficient (Wildman–Crippen LogP) is -2.90. The quantitative estimate of drug-likeness (QED) is 0.0367. The van der Waals surface area contributed by atoms with Gasteiger partial charge in [0.15, 0.2) is 11.9 Å². The molecular formula is C48H69ClN16O10. The molecule has 0 unspecified atom stereocenters. The molecule has 0 aliphatic carbocycles. The van der Waals surface area contributed by atoms with E-state index in [0.717, 1.165) is 10.9 Å². The summed E-state index contributed by atoms with van der Waals surface area (Å²) in [5, 5.41) is 53.0. The van der Waals surface area contributed by atoms with Gasteiger partial charge in [-0.05, 0) is 81.2 Å². The summed E-state index contributed by atoms with van der Waals surface area (Å²) in [6.45, 7) is 2.56. The third kappa shape index (κ3) is 20.1. The fraction of sp³-hybridized carbons (Fsp3) is 0.479. The van der Waals surface area contributed by atoms with Crippen LogP contribution in [-0.2, 0) is 56.0 Å². The van der Waals surface area contributed by atoms with Crippen LogP contribution in [0.25, 0.3) is 10.9 Å². The van der Waals surface area contributed by atoms with Crippen molar-refractivity contribution in [1.82, 2.24) is 58.2 Å². The van der Waals surface area contributed by atoms with E-state index in [4.69, 9.17) is 39.6 Å². The minimum atomic E-state index is -1.80. The molecule has 0 radical (unpaired) electrons. The number of nitrogens with two attached hydrogens (primary N) is 3. The van der Waals surface area contributed by atoms with Crippen molar-refractivity contribution in [3.63, 3.8) is 0 Å². The first-order chi connectivity index (χ1) is 35.6. The molecule has 4 rings (SSSR count). The Labute approximate surface area is 437 Å². The lowest BCUT2D eigenvalue weighted by Gasteiger charge is -2.29. The summed E-state index contributed by atoms with van der Waals surface area (Å²) < 4.78 is 0. The van der Waals surface area contributed by atoms with Crippen LogP contribution in [0.2, 0.25) is 5.02 Å². The lowest BCUT2D eigenvalue weighted by atomic mass is 10.0. The molecule has 0 saturated carbocycles. The molecule has 9 amide bonds. The van der Waals surface area contributed by atoms with Crippen molar-refractivity contribution in [1.29, 1.82) is 10.8 Å². The number of aliphatic hydroxyl groups excluding tert-OH is 1. The Balaban J connectivity index is 1.77. The van der Waals surface area contributed by atoms with Gasteiger partial charge in [0, 0.05) is 67.9 Å². The number of primary amides is 1. The lowest BCUT2D eigenvalue weighted by molar-refractivity contribution is -0.137. The van der Waals surface area contributed by atoms with E-state index in [-0.39, 0.29) is 94.4 Å². The SMILES string of the molecule is CC(=O)N[C@@H](CCCNC(=N)N)C(=O)N[C@H]1CCC(=O)NCCC[C@@H](C(N)=O)NC(=O)[C@H](Cc2c[nH]c3ccccc23)NC(=O)[C@H](CCCNC(=N)N)NC(=O)[C@@H](Cc2cccc(Cl)c2)NC(=O)[C@H]([C@@H](C)O)NC1=O. The third-order valence-corrected chi connectivity index (χ3v) is 12.2. The van der Waals surface area contributed by atoms with Crippen molar-refractivity contribution in [2.75, 3.05) is 19.6 Å². The van der Waals surface area contributed by atoms with Crippen LogP contribution in [-0.4, -0.2) is 143 Å². The van der Waals surface area contributed by atoms with Crippen LogP contribution in [0.3, 0.4) is 0 Å². The molecule has 0 spiro atoms. The molecular weight excluding hydrogens is 996 g/mol. The average Bonchev–Trinajstić information content (AvgIpc) is 3.75. The van der Waals surface area contributed by atoms with E-state index in [2.05, 4.69) is 58.2 Å². The molecule has 0 bridgehead atoms. The number of fused-ring (bicyclic) bond motifs is 1. The van der Waals surface area contributed by atoms with Crippen LogP contribution in [0.1, 0.15) is 76.3 Å². The first-order valence-electron chi connectivity index (χ1n) is 24.4. The van der Waals surface area contributed by atoms with Gasteiger partial charge in [-0.1, -0.05) is 41.9 Å². The van der Waals surface area contributed by atoms with Crippen LogP contribution in [0.4, 0.5) is 0 Å². The lowest BCUT2D eigenvalue weighted by Crippen LogP contribution is -2.62. The van der Waals surface area contributed by atoms with Gasteiger partial charge in [-0.2, -0.15) is 0 Å². The fourth-order valence-electron chi connectivity index (χ4n) is 8.14. The Kier molecular flexibility index (Phi) is 23.5. The first kappa shape index (κ1) is 59.6. The van der Waals surface area contributed by atoms with Gasteiger partial charge in [-0.25, -0.2) is 0 Å². The van der Waals surface area contributed by atoms with Gasteiger partial charge in [-0.3, -0.25) is 54.0 Å². The van der Waals surface area contributed by atoms with Crippen LogP contribution < -0.4 is 70.4 Å². The molecule has 408 valence electrons. The number of benzene rings is 2. The van der Waals surface area contributed by atoms with Gasteiger partial charge in [0.2, 0.25) is 53.2 Å². The van der Waals surface area contributed by atoms with Crippen molar-refractivity contribution < 1.29 is 48.3 Å². The van der Waals surface area contributed by atoms with Crippen molar-refractivity contribution >= 4 is 87.6 Å². The van der Waals surface area contributed by atoms with Gasteiger partial charge in [-0.15, -0.1) is 0 Å². The Morgan fingerprint density at radius 3 is 2.09 bits per heavy atom. The van der Waals surface area contributed by atoms with Gasteiger partial charge in [0.05, 0.1) is 6.10 Å². The highest BCUT2D eigenvalue weighted by Crippen LogP contribution is 2.20. The largest absolute Gasteiger partial charge is 0.391 e. The molecule has 8 atom stereocenters. The number of carbonyl (C=O) groups is 9. The van der Waals surface area contributed by atoms with Crippen molar-refractivity contribution in [2.45, 2.75) is 126 Å². The number of aliphatic hydroxyl groups is 1. The summed E-state index contributed by atoms with van der Waals surface area (Å²) in [5.41, 5.74) is 18.4. The first-order valence-corrected chi connectivity index (χ1v) is 24.8. The number of hydrogen-bond donors (Lipinski definition) is 17. The van der Waals surface area contributed by atoms with Gasteiger partial charge < -0.3 is 80.5 Å². The highest BCUT2D eigenvalue weighted by molar-refractivity contribution is 6.30. The number of para-hydroxylation sites is 1. The number of amides is 9. The van der Waals surface area contributed by atoms with Crippen molar-refractivity contribution in [3.05, 3.63) is 70.9 Å². The molecule has 27 heteroatoms. The zero-order valence-corrected chi connectivity index (χ0v) is 42.5. The summed E-state index contributed by atoms with van der Waals surface area (Å²) >= 11 is 6.31. The summed E-state index contributed by atoms with van der Waals surface area (Å²) in [5.74, 6) is -8.34. The predicted molar refractivity (Wildman–Crippen MR) is 277 cm³/mol. The maximum absolute atomic E-state index is 14.6. The number of halogens is 1. The van der Waals surface area contributed by atoms with Crippen LogP contribution in [0.5, 0.6) is 0 Å². The molecule has 3 aromatic rings. The summed E-state index contributed by atoms with van der Waals surface area (Å²) in [7, 11) is 0. The Morgan fingerprint density at radius 1 is 0.787 bits per heavy atom. The fourth-order valence-corrected chi connectivity index (χ4v) is 8.35. The normalized spacial score (nSPS) is 21.5. The molecule has 1 aromatic heterocycles. The minimum Gasteiger partial charge on any atom is -0.391 e. The van der Waals surface area contributed by atoms with Gasteiger partial charge in [0.1, 0.15) is 42.3 Å². The minimum absolute atomic E-state index is 0.0185. The second-order valence-corrected chi connectivity index (χ2v) is 18.5. The number of rotatable bonds is 17. The molecule has 1 aliphatic rings. The number of aromatic nitrogens is 1. The van der Waals surface area contributed by atoms with E-state index >= 15 is 0 Å². The van der Waals surface area contributed by atoms with E-state index in [0.29, 0.717) is 11.1 Å². The number of nitrogens with one attached hydrogen (secondary N) is 13. The van der Waals surface area contributed by atoms with Crippen LogP contribution >= 0.6 is 11.6 Å². The standard InChI is InChI=1S/C48H69ClN16O10/c1-25(66)39-46(75)64-36(22-27-9-5-10-29(49)21-27)44(73)61-34(15-8-20-57-48(53)54)42(71)63-37(23-28-24-58-31-12-4-3-11-30(28)31)45(74)60-32(40(50)69)13-6-18-55-38(68)17-16-35(43(72)65-39)62-41(70)33(59-26(2)67)14-7-19-56-47(51)52/h3-5,9-12,21,24-25,32-37,39,58,66H,6-8,13-20,22-23H2,1-2H3,(H2,50,69)(H,55,68)(H,59,67)(H,60,74)(H,61,73)(H,62,70)(H,63,71)(H,64,75)(H,65,72)(H4,51,52,56)(H4,53,54,57)/t25-,32+,33+,34+,35+,36-,37+,39+/m1/s1. The summed E-state index contributed by atoms with van der Waals surface area (Å²) in [6.07, 6.45) is -0.791. The number of aromatic amines is 1. The summed E-state index contributed by atoms with van der Waals surface area (Å²) in [6, 6.07) is 3.33. The Bertz CT molecular complexity index is 2540. The Hall–Kier alpha value is -8.00. The molecule has 20 N–H and O–H groups in total. The van der Waals surface area contributed by atoms with E-state index in [1.165, 1.54) is 19.9 Å². The highest BCUT2D eigenvalue weighted by atomic mass is 35.5. The number of H-pyrrole nitrogens is 1. The molecule has 2 aromatic carbocycles. The molecule has 26 nitrogen and oxygen atoms in total. The second-order valence-electron chi connectivity index (χ2n) is 18.1. The van der Waals surface area contributed by atoms with Crippen molar-refractivity contribution in [2.24, 2.45) is 17.2 Å². The highest BCUT2D eigenvalue weighted by Gasteiger charge is 2.36. The molecule has 1 aliphatic heterocycles.